The first-order valence-electron chi connectivity index (χ1n) is 6.16. The van der Waals surface area contributed by atoms with Gasteiger partial charge in [-0.2, -0.15) is 13.2 Å². The normalized spacial score (nSPS) is 12.0. The Morgan fingerprint density at radius 1 is 1.33 bits per heavy atom. The van der Waals surface area contributed by atoms with E-state index < -0.39 is 17.5 Å². The summed E-state index contributed by atoms with van der Waals surface area (Å²) in [6.45, 7) is 3.54. The minimum atomic E-state index is -4.95. The number of carbonyl (C=O) groups is 1. The van der Waals surface area contributed by atoms with Crippen molar-refractivity contribution < 1.29 is 18.0 Å². The van der Waals surface area contributed by atoms with Gasteiger partial charge in [-0.1, -0.05) is 11.6 Å². The zero-order chi connectivity index (χ0) is 15.8. The van der Waals surface area contributed by atoms with Crippen molar-refractivity contribution in [2.24, 2.45) is 0 Å². The van der Waals surface area contributed by atoms with E-state index in [0.29, 0.717) is 15.9 Å². The number of alkyl halides is 3. The fraction of sp³-hybridized carbons (Fsp3) is 0.286. The zero-order valence-electron chi connectivity index (χ0n) is 11.3. The van der Waals surface area contributed by atoms with E-state index in [0.717, 1.165) is 6.20 Å². The van der Waals surface area contributed by atoms with E-state index in [-0.39, 0.29) is 11.7 Å². The molecule has 21 heavy (non-hydrogen) atoms. The van der Waals surface area contributed by atoms with E-state index in [4.69, 9.17) is 11.6 Å². The van der Waals surface area contributed by atoms with Gasteiger partial charge in [0.15, 0.2) is 0 Å². The lowest BCUT2D eigenvalue weighted by Gasteiger charge is -2.17. The van der Waals surface area contributed by atoms with Crippen molar-refractivity contribution >= 4 is 34.0 Å². The molecule has 2 rings (SSSR count). The SMILES string of the molecule is CC(C)Nc1c(C(=O)C(F)(F)F)cnc2cc(Cl)ccc12. The Balaban J connectivity index is 2.70. The molecule has 0 bridgehead atoms. The van der Waals surface area contributed by atoms with Crippen molar-refractivity contribution in [1.29, 1.82) is 0 Å². The van der Waals surface area contributed by atoms with Crippen molar-refractivity contribution in [3.05, 3.63) is 35.0 Å². The quantitative estimate of drug-likeness (QED) is 0.850. The van der Waals surface area contributed by atoms with Crippen LogP contribution in [0.1, 0.15) is 24.2 Å². The molecule has 7 heteroatoms. The van der Waals surface area contributed by atoms with Crippen LogP contribution in [0.25, 0.3) is 10.9 Å². The summed E-state index contributed by atoms with van der Waals surface area (Å²) in [6, 6.07) is 4.47. The van der Waals surface area contributed by atoms with Crippen LogP contribution in [-0.2, 0) is 0 Å². The van der Waals surface area contributed by atoms with Gasteiger partial charge >= 0.3 is 6.18 Å². The number of halogens is 4. The molecule has 0 radical (unpaired) electrons. The van der Waals surface area contributed by atoms with E-state index in [2.05, 4.69) is 10.3 Å². The first kappa shape index (κ1) is 15.6. The number of anilines is 1. The number of Topliss-reactive ketones (excluding diaryl/α,β-unsaturated/α-hetero) is 1. The first-order valence-corrected chi connectivity index (χ1v) is 6.54. The zero-order valence-corrected chi connectivity index (χ0v) is 12.0. The molecule has 0 spiro atoms. The summed E-state index contributed by atoms with van der Waals surface area (Å²) in [5.74, 6) is -1.92. The number of fused-ring (bicyclic) bond motifs is 1. The number of nitrogens with zero attached hydrogens (tertiary/aromatic N) is 1. The van der Waals surface area contributed by atoms with Crippen LogP contribution in [0.4, 0.5) is 18.9 Å². The topological polar surface area (TPSA) is 42.0 Å². The van der Waals surface area contributed by atoms with Gasteiger partial charge in [-0.15, -0.1) is 0 Å². The Morgan fingerprint density at radius 3 is 2.57 bits per heavy atom. The Hall–Kier alpha value is -1.82. The van der Waals surface area contributed by atoms with E-state index in [9.17, 15) is 18.0 Å². The third-order valence-electron chi connectivity index (χ3n) is 2.77. The molecule has 0 aliphatic rings. The predicted octanol–water partition coefficient (Wildman–Crippen LogP) is 4.45. The Bertz CT molecular complexity index is 698. The van der Waals surface area contributed by atoms with Gasteiger partial charge in [0.05, 0.1) is 16.8 Å². The average Bonchev–Trinajstić information content (AvgIpc) is 2.36. The number of carbonyl (C=O) groups excluding carboxylic acids is 1. The van der Waals surface area contributed by atoms with Crippen molar-refractivity contribution in [2.45, 2.75) is 26.1 Å². The average molecular weight is 317 g/mol. The van der Waals surface area contributed by atoms with Gasteiger partial charge in [0.25, 0.3) is 5.78 Å². The van der Waals surface area contributed by atoms with Gasteiger partial charge in [-0.25, -0.2) is 0 Å². The van der Waals surface area contributed by atoms with E-state index in [1.165, 1.54) is 6.07 Å². The second-order valence-corrected chi connectivity index (χ2v) is 5.27. The van der Waals surface area contributed by atoms with Crippen molar-refractivity contribution in [3.63, 3.8) is 0 Å². The molecule has 3 nitrogen and oxygen atoms in total. The van der Waals surface area contributed by atoms with Crippen LogP contribution in [0.3, 0.4) is 0 Å². The third kappa shape index (κ3) is 3.26. The Morgan fingerprint density at radius 2 is 2.00 bits per heavy atom. The van der Waals surface area contributed by atoms with Gasteiger partial charge in [0.2, 0.25) is 0 Å². The molecule has 1 aromatic carbocycles. The molecule has 0 amide bonds. The lowest BCUT2D eigenvalue weighted by atomic mass is 10.0. The number of rotatable bonds is 3. The molecule has 1 heterocycles. The summed E-state index contributed by atoms with van der Waals surface area (Å²) in [5.41, 5.74) is 0.0457. The lowest BCUT2D eigenvalue weighted by molar-refractivity contribution is -0.0884. The van der Waals surface area contributed by atoms with Gasteiger partial charge in [-0.3, -0.25) is 9.78 Å². The molecule has 2 aromatic rings. The highest BCUT2D eigenvalue weighted by atomic mass is 35.5. The van der Waals surface area contributed by atoms with E-state index in [1.807, 2.05) is 0 Å². The number of ketones is 1. The number of benzene rings is 1. The van der Waals surface area contributed by atoms with Gasteiger partial charge in [0.1, 0.15) is 0 Å². The van der Waals surface area contributed by atoms with Crippen LogP contribution >= 0.6 is 11.6 Å². The summed E-state index contributed by atoms with van der Waals surface area (Å²) in [5, 5.41) is 3.72. The molecule has 1 aromatic heterocycles. The van der Waals surface area contributed by atoms with Crippen LogP contribution in [0.5, 0.6) is 0 Å². The smallest absolute Gasteiger partial charge is 0.382 e. The number of pyridine rings is 1. The molecular weight excluding hydrogens is 305 g/mol. The lowest BCUT2D eigenvalue weighted by Crippen LogP contribution is -2.25. The molecule has 0 fully saturated rings. The fourth-order valence-corrected chi connectivity index (χ4v) is 2.10. The summed E-state index contributed by atoms with van der Waals surface area (Å²) >= 11 is 5.84. The molecule has 1 N–H and O–H groups in total. The summed E-state index contributed by atoms with van der Waals surface area (Å²) in [6.07, 6.45) is -4.02. The maximum atomic E-state index is 12.7. The van der Waals surface area contributed by atoms with Crippen LogP contribution in [-0.4, -0.2) is 23.0 Å². The standard InChI is InChI=1S/C14H12ClF3N2O/c1-7(2)20-12-9-4-3-8(15)5-11(9)19-6-10(12)13(21)14(16,17)18/h3-7H,1-2H3,(H,19,20). The first-order chi connectivity index (χ1) is 9.70. The fourth-order valence-electron chi connectivity index (χ4n) is 1.94. The number of nitrogens with one attached hydrogen (secondary N) is 1. The Kier molecular flexibility index (Phi) is 4.09. The number of aromatic nitrogens is 1. The van der Waals surface area contributed by atoms with Gasteiger partial charge in [-0.05, 0) is 32.0 Å². The van der Waals surface area contributed by atoms with Gasteiger partial charge in [0, 0.05) is 22.6 Å². The summed E-state index contributed by atoms with van der Waals surface area (Å²) in [7, 11) is 0. The monoisotopic (exact) mass is 316 g/mol. The minimum Gasteiger partial charge on any atom is -0.382 e. The molecular formula is C14H12ClF3N2O. The van der Waals surface area contributed by atoms with E-state index in [1.54, 1.807) is 26.0 Å². The molecule has 0 saturated carbocycles. The maximum absolute atomic E-state index is 12.7. The maximum Gasteiger partial charge on any atom is 0.455 e. The summed E-state index contributed by atoms with van der Waals surface area (Å²) in [4.78, 5) is 15.4. The molecule has 0 saturated heterocycles. The van der Waals surface area contributed by atoms with Crippen molar-refractivity contribution in [1.82, 2.24) is 4.98 Å². The van der Waals surface area contributed by atoms with Crippen LogP contribution < -0.4 is 5.32 Å². The van der Waals surface area contributed by atoms with Crippen LogP contribution in [0.2, 0.25) is 5.02 Å². The number of hydrogen-bond acceptors (Lipinski definition) is 3. The molecule has 0 aliphatic heterocycles. The minimum absolute atomic E-state index is 0.119. The van der Waals surface area contributed by atoms with Crippen LogP contribution in [0, 0.1) is 0 Å². The predicted molar refractivity (Wildman–Crippen MR) is 75.9 cm³/mol. The van der Waals surface area contributed by atoms with Crippen LogP contribution in [0.15, 0.2) is 24.4 Å². The second kappa shape index (κ2) is 5.52. The van der Waals surface area contributed by atoms with Gasteiger partial charge < -0.3 is 5.32 Å². The molecule has 0 aliphatic carbocycles. The second-order valence-electron chi connectivity index (χ2n) is 4.83. The molecule has 112 valence electrons. The Labute approximate surface area is 124 Å². The van der Waals surface area contributed by atoms with Crippen molar-refractivity contribution in [3.8, 4) is 0 Å². The highest BCUT2D eigenvalue weighted by molar-refractivity contribution is 6.31. The third-order valence-corrected chi connectivity index (χ3v) is 3.00. The van der Waals surface area contributed by atoms with E-state index >= 15 is 0 Å². The molecule has 0 unspecified atom stereocenters. The molecule has 0 atom stereocenters. The highest BCUT2D eigenvalue weighted by Gasteiger charge is 2.41. The summed E-state index contributed by atoms with van der Waals surface area (Å²) < 4.78 is 38.1. The highest BCUT2D eigenvalue weighted by Crippen LogP contribution is 2.32. The number of hydrogen-bond donors (Lipinski definition) is 1. The largest absolute Gasteiger partial charge is 0.455 e. The van der Waals surface area contributed by atoms with Crippen molar-refractivity contribution in [2.75, 3.05) is 5.32 Å².